The summed E-state index contributed by atoms with van der Waals surface area (Å²) in [4.78, 5) is 4.27. The van der Waals surface area contributed by atoms with Gasteiger partial charge in [-0.05, 0) is 65.4 Å². The van der Waals surface area contributed by atoms with Crippen molar-refractivity contribution in [3.05, 3.63) is 64.1 Å². The molecule has 2 saturated heterocycles. The molecule has 0 bridgehead atoms. The summed E-state index contributed by atoms with van der Waals surface area (Å²) in [5.74, 6) is -0.486. The van der Waals surface area contributed by atoms with E-state index in [4.69, 9.17) is 19.9 Å². The number of anilines is 1. The Balaban J connectivity index is 1.29. The number of hydrogen-bond acceptors (Lipinski definition) is 8. The van der Waals surface area contributed by atoms with E-state index in [1.807, 2.05) is 44.2 Å². The number of rotatable bonds is 5. The molecule has 2 aromatic carbocycles. The number of hydrogen-bond donors (Lipinski definition) is 2. The van der Waals surface area contributed by atoms with E-state index in [0.717, 1.165) is 20.0 Å². The Bertz CT molecular complexity index is 1590. The molecule has 4 aromatic rings. The molecule has 4 heterocycles. The van der Waals surface area contributed by atoms with Crippen LogP contribution in [0.25, 0.3) is 16.3 Å². The molecule has 3 N–H and O–H groups in total. The van der Waals surface area contributed by atoms with Crippen LogP contribution in [-0.4, -0.2) is 53.7 Å². The number of ether oxygens (including phenoxy) is 3. The van der Waals surface area contributed by atoms with E-state index in [0.29, 0.717) is 11.3 Å². The van der Waals surface area contributed by atoms with Crippen LogP contribution in [0.1, 0.15) is 25.6 Å². The van der Waals surface area contributed by atoms with Crippen LogP contribution in [0.4, 0.5) is 5.82 Å². The van der Waals surface area contributed by atoms with Crippen molar-refractivity contribution in [2.45, 2.75) is 48.9 Å². The number of fused-ring (bicyclic) bond motifs is 3. The highest BCUT2D eigenvalue weighted by atomic mass is 127. The molecule has 0 aliphatic carbocycles. The summed E-state index contributed by atoms with van der Waals surface area (Å²) in [6, 6.07) is 14.6. The molecule has 0 spiro atoms. The molecule has 0 radical (unpaired) electrons. The van der Waals surface area contributed by atoms with Crippen LogP contribution in [0.2, 0.25) is 0 Å². The van der Waals surface area contributed by atoms with Crippen LogP contribution in [0.5, 0.6) is 0 Å². The third-order valence-corrected chi connectivity index (χ3v) is 8.75. The van der Waals surface area contributed by atoms with Gasteiger partial charge in [0.05, 0.1) is 10.6 Å². The zero-order valence-electron chi connectivity index (χ0n) is 19.5. The second kappa shape index (κ2) is 8.60. The molecule has 6 rings (SSSR count). The molecule has 0 unspecified atom stereocenters. The lowest BCUT2D eigenvalue weighted by atomic mass is 10.1. The van der Waals surface area contributed by atoms with Gasteiger partial charge in [-0.15, -0.1) is 0 Å². The highest BCUT2D eigenvalue weighted by Gasteiger charge is 2.56. The van der Waals surface area contributed by atoms with Crippen molar-refractivity contribution >= 4 is 54.7 Å². The summed E-state index contributed by atoms with van der Waals surface area (Å²) < 4.78 is 50.3. The quantitative estimate of drug-likeness (QED) is 0.326. The van der Waals surface area contributed by atoms with E-state index in [9.17, 15) is 8.42 Å². The largest absolute Gasteiger partial charge is 0.382 e. The maximum Gasteiger partial charge on any atom is 0.240 e. The van der Waals surface area contributed by atoms with Gasteiger partial charge < -0.3 is 19.9 Å². The molecule has 2 aliphatic heterocycles. The van der Waals surface area contributed by atoms with E-state index >= 15 is 0 Å². The Morgan fingerprint density at radius 1 is 1.11 bits per heavy atom. The molecule has 4 atom stereocenters. The Morgan fingerprint density at radius 3 is 2.67 bits per heavy atom. The predicted molar refractivity (Wildman–Crippen MR) is 141 cm³/mol. The van der Waals surface area contributed by atoms with Gasteiger partial charge in [0.2, 0.25) is 10.0 Å². The van der Waals surface area contributed by atoms with Crippen LogP contribution >= 0.6 is 22.6 Å². The molecule has 0 saturated carbocycles. The van der Waals surface area contributed by atoms with Crippen LogP contribution in [0, 0.1) is 3.57 Å². The van der Waals surface area contributed by atoms with E-state index in [1.165, 1.54) is 6.33 Å². The van der Waals surface area contributed by atoms with Gasteiger partial charge in [0.15, 0.2) is 11.6 Å². The normalized spacial score (nSPS) is 25.5. The summed E-state index contributed by atoms with van der Waals surface area (Å²) in [7, 11) is -3.78. The Kier molecular flexibility index (Phi) is 5.73. The van der Waals surface area contributed by atoms with Gasteiger partial charge in [0.25, 0.3) is 0 Å². The van der Waals surface area contributed by atoms with Crippen molar-refractivity contribution in [2.24, 2.45) is 0 Å². The van der Waals surface area contributed by atoms with Crippen molar-refractivity contribution in [2.75, 3.05) is 12.3 Å². The molecule has 12 heteroatoms. The van der Waals surface area contributed by atoms with Gasteiger partial charge in [-0.25, -0.2) is 22.6 Å². The third kappa shape index (κ3) is 4.05. The summed E-state index contributed by atoms with van der Waals surface area (Å²) in [5, 5.41) is 6.19. The average Bonchev–Trinajstić information content (AvgIpc) is 3.46. The minimum atomic E-state index is -3.78. The second-order valence-corrected chi connectivity index (χ2v) is 12.3. The predicted octanol–water partition coefficient (Wildman–Crippen LogP) is 3.01. The van der Waals surface area contributed by atoms with Crippen LogP contribution in [-0.2, 0) is 24.2 Å². The summed E-state index contributed by atoms with van der Waals surface area (Å²) >= 11 is 2.18. The molecule has 36 heavy (non-hydrogen) atoms. The number of aromatic nitrogens is 3. The van der Waals surface area contributed by atoms with E-state index in [1.54, 1.807) is 22.7 Å². The standard InChI is InChI=1S/C24H24IN5O5S/c1-24(2)34-21-18(11-29-36(31,32)15-8-7-13-5-3-4-6-14(13)9-15)33-20(22(21)35-24)17-10-16(25)19-23(26)27-12-28-30(17)19/h3-10,12,18,20-22,29H,11H2,1-2H3,(H2,26,27,28)/t18-,20+,21-,22+/m1/s1. The lowest BCUT2D eigenvalue weighted by Crippen LogP contribution is -2.39. The van der Waals surface area contributed by atoms with Crippen molar-refractivity contribution in [1.82, 2.24) is 19.3 Å². The number of benzene rings is 2. The highest BCUT2D eigenvalue weighted by Crippen LogP contribution is 2.46. The number of halogens is 1. The number of sulfonamides is 1. The molecule has 10 nitrogen and oxygen atoms in total. The monoisotopic (exact) mass is 621 g/mol. The van der Waals surface area contributed by atoms with Gasteiger partial charge in [-0.1, -0.05) is 30.3 Å². The number of nitrogens with zero attached hydrogens (tertiary/aromatic N) is 3. The fourth-order valence-corrected chi connectivity index (χ4v) is 6.85. The van der Waals surface area contributed by atoms with Gasteiger partial charge in [0.1, 0.15) is 36.3 Å². The zero-order valence-corrected chi connectivity index (χ0v) is 22.4. The van der Waals surface area contributed by atoms with Gasteiger partial charge in [-0.3, -0.25) is 0 Å². The Morgan fingerprint density at radius 2 is 1.86 bits per heavy atom. The smallest absolute Gasteiger partial charge is 0.240 e. The number of nitrogens with one attached hydrogen (secondary N) is 1. The molecule has 2 aliphatic rings. The molecule has 2 aromatic heterocycles. The first-order valence-electron chi connectivity index (χ1n) is 11.4. The maximum absolute atomic E-state index is 13.1. The average molecular weight is 621 g/mol. The SMILES string of the molecule is CC1(C)O[C@@H]2[C@H](O1)[C@@H](CNS(=O)(=O)c1ccc3ccccc3c1)O[C@H]2c1cc(I)c2c(N)ncnn12. The summed E-state index contributed by atoms with van der Waals surface area (Å²) in [6.07, 6.45) is -0.678. The van der Waals surface area contributed by atoms with Gasteiger partial charge in [0, 0.05) is 10.1 Å². The molecule has 188 valence electrons. The first-order chi connectivity index (χ1) is 17.1. The lowest BCUT2D eigenvalue weighted by molar-refractivity contribution is -0.187. The molecular weight excluding hydrogens is 597 g/mol. The fourth-order valence-electron chi connectivity index (χ4n) is 4.94. The van der Waals surface area contributed by atoms with E-state index < -0.39 is 40.2 Å². The summed E-state index contributed by atoms with van der Waals surface area (Å²) in [5.41, 5.74) is 7.50. The lowest BCUT2D eigenvalue weighted by Gasteiger charge is -2.24. The van der Waals surface area contributed by atoms with Crippen molar-refractivity contribution in [1.29, 1.82) is 0 Å². The minimum absolute atomic E-state index is 0.0176. The van der Waals surface area contributed by atoms with Crippen LogP contribution in [0.3, 0.4) is 0 Å². The summed E-state index contributed by atoms with van der Waals surface area (Å²) in [6.45, 7) is 3.68. The fraction of sp³-hybridized carbons (Fsp3) is 0.333. The Labute approximate surface area is 221 Å². The van der Waals surface area contributed by atoms with Crippen molar-refractivity contribution in [3.63, 3.8) is 0 Å². The van der Waals surface area contributed by atoms with E-state index in [-0.39, 0.29) is 11.4 Å². The topological polar surface area (TPSA) is 130 Å². The molecule has 2 fully saturated rings. The minimum Gasteiger partial charge on any atom is -0.382 e. The molecule has 0 amide bonds. The van der Waals surface area contributed by atoms with Crippen molar-refractivity contribution in [3.8, 4) is 0 Å². The zero-order chi connectivity index (χ0) is 25.2. The Hall–Kier alpha value is -2.36. The second-order valence-electron chi connectivity index (χ2n) is 9.34. The maximum atomic E-state index is 13.1. The highest BCUT2D eigenvalue weighted by molar-refractivity contribution is 14.1. The number of nitrogens with two attached hydrogens (primary N) is 1. The molecular formula is C24H24IN5O5S. The third-order valence-electron chi connectivity index (χ3n) is 6.51. The first-order valence-corrected chi connectivity index (χ1v) is 14.0. The van der Waals surface area contributed by atoms with Crippen molar-refractivity contribution < 1.29 is 22.6 Å². The van der Waals surface area contributed by atoms with E-state index in [2.05, 4.69) is 37.4 Å². The first kappa shape index (κ1) is 24.0. The van der Waals surface area contributed by atoms with Gasteiger partial charge in [-0.2, -0.15) is 5.10 Å². The van der Waals surface area contributed by atoms with Crippen LogP contribution in [0.15, 0.2) is 59.8 Å². The number of nitrogen functional groups attached to an aromatic ring is 1. The van der Waals surface area contributed by atoms with Gasteiger partial charge >= 0.3 is 0 Å². The van der Waals surface area contributed by atoms with Crippen LogP contribution < -0.4 is 10.5 Å².